The smallest absolute Gasteiger partial charge is 0.188 e. The molecule has 0 bridgehead atoms. The Hall–Kier alpha value is -1.59. The van der Waals surface area contributed by atoms with Crippen molar-refractivity contribution in [2.24, 2.45) is 5.92 Å². The maximum Gasteiger partial charge on any atom is 0.188 e. The van der Waals surface area contributed by atoms with Gasteiger partial charge in [0.25, 0.3) is 0 Å². The van der Waals surface area contributed by atoms with E-state index in [-0.39, 0.29) is 36.3 Å². The molecule has 1 fully saturated rings. The standard InChI is InChI=1S/C26H33ClF2O5S2Si/c1-35(30,31)18-19-11-12-26(24-15-22(28)7-10-25(24)29,16-20(19)17-34-13-14-37(2,3)4)36(32,33)23-8-5-21(27)6-9-23/h5-10,15,18,20H,11-14,16-17H2,1-4H3/b19-18-/t20-,26+/m0/s1. The van der Waals surface area contributed by atoms with Crippen LogP contribution in [-0.4, -0.2) is 44.4 Å². The summed E-state index contributed by atoms with van der Waals surface area (Å²) in [6, 6.07) is 9.21. The molecule has 0 N–H and O–H groups in total. The first-order valence-electron chi connectivity index (χ1n) is 12.0. The lowest BCUT2D eigenvalue weighted by Crippen LogP contribution is -2.43. The summed E-state index contributed by atoms with van der Waals surface area (Å²) in [5.41, 5.74) is 0.252. The van der Waals surface area contributed by atoms with Crippen LogP contribution in [0.25, 0.3) is 0 Å². The van der Waals surface area contributed by atoms with Crippen LogP contribution in [0.4, 0.5) is 8.78 Å². The Labute approximate surface area is 224 Å². The van der Waals surface area contributed by atoms with Gasteiger partial charge in [-0.15, -0.1) is 0 Å². The summed E-state index contributed by atoms with van der Waals surface area (Å²) in [6.45, 7) is 7.11. The third kappa shape index (κ3) is 7.29. The zero-order chi connectivity index (χ0) is 27.6. The van der Waals surface area contributed by atoms with Crippen LogP contribution in [-0.2, 0) is 29.2 Å². The summed E-state index contributed by atoms with van der Waals surface area (Å²) in [5, 5.41) is 1.49. The van der Waals surface area contributed by atoms with E-state index in [4.69, 9.17) is 16.3 Å². The van der Waals surface area contributed by atoms with E-state index < -0.39 is 50.0 Å². The van der Waals surface area contributed by atoms with Gasteiger partial charge in [-0.05, 0) is 67.8 Å². The fourth-order valence-electron chi connectivity index (χ4n) is 4.70. The lowest BCUT2D eigenvalue weighted by molar-refractivity contribution is 0.105. The Morgan fingerprint density at radius 2 is 1.73 bits per heavy atom. The van der Waals surface area contributed by atoms with Crippen molar-refractivity contribution in [2.75, 3.05) is 19.5 Å². The lowest BCUT2D eigenvalue weighted by Gasteiger charge is -2.42. The molecule has 5 nitrogen and oxygen atoms in total. The number of benzene rings is 2. The number of rotatable bonds is 9. The molecule has 1 saturated carbocycles. The minimum atomic E-state index is -4.28. The predicted octanol–water partition coefficient (Wildman–Crippen LogP) is 6.37. The molecule has 11 heteroatoms. The average Bonchev–Trinajstić information content (AvgIpc) is 2.78. The van der Waals surface area contributed by atoms with Crippen LogP contribution < -0.4 is 0 Å². The van der Waals surface area contributed by atoms with E-state index in [9.17, 15) is 21.2 Å². The van der Waals surface area contributed by atoms with Crippen LogP contribution in [0.3, 0.4) is 0 Å². The molecular formula is C26H33ClF2O5S2Si. The fourth-order valence-corrected chi connectivity index (χ4v) is 8.63. The largest absolute Gasteiger partial charge is 0.381 e. The zero-order valence-electron chi connectivity index (χ0n) is 21.4. The second-order valence-electron chi connectivity index (χ2n) is 10.9. The van der Waals surface area contributed by atoms with Crippen molar-refractivity contribution in [1.82, 2.24) is 0 Å². The maximum atomic E-state index is 15.3. The first-order valence-corrected chi connectivity index (χ1v) is 19.5. The van der Waals surface area contributed by atoms with E-state index in [0.717, 1.165) is 35.9 Å². The van der Waals surface area contributed by atoms with E-state index >= 15 is 4.39 Å². The van der Waals surface area contributed by atoms with Crippen molar-refractivity contribution in [2.45, 2.75) is 54.6 Å². The van der Waals surface area contributed by atoms with Crippen LogP contribution in [0.2, 0.25) is 30.7 Å². The highest BCUT2D eigenvalue weighted by atomic mass is 35.5. The molecule has 2 atom stereocenters. The summed E-state index contributed by atoms with van der Waals surface area (Å²) in [6.07, 6.45) is 0.858. The Morgan fingerprint density at radius 3 is 2.32 bits per heavy atom. The molecule has 0 unspecified atom stereocenters. The molecule has 37 heavy (non-hydrogen) atoms. The quantitative estimate of drug-likeness (QED) is 0.250. The van der Waals surface area contributed by atoms with Crippen LogP contribution in [0, 0.1) is 17.6 Å². The normalized spacial score (nSPS) is 22.4. The lowest BCUT2D eigenvalue weighted by atomic mass is 9.75. The van der Waals surface area contributed by atoms with Crippen LogP contribution in [0.5, 0.6) is 0 Å². The third-order valence-corrected chi connectivity index (χ3v) is 11.9. The molecule has 0 saturated heterocycles. The summed E-state index contributed by atoms with van der Waals surface area (Å²) in [7, 11) is -9.21. The van der Waals surface area contributed by atoms with Gasteiger partial charge in [0.15, 0.2) is 19.7 Å². The Morgan fingerprint density at radius 1 is 1.08 bits per heavy atom. The van der Waals surface area contributed by atoms with Gasteiger partial charge in [0.1, 0.15) is 16.4 Å². The topological polar surface area (TPSA) is 77.5 Å². The molecule has 0 aliphatic heterocycles. The van der Waals surface area contributed by atoms with Crippen molar-refractivity contribution >= 4 is 39.3 Å². The monoisotopic (exact) mass is 590 g/mol. The van der Waals surface area contributed by atoms with Crippen LogP contribution in [0.15, 0.2) is 58.3 Å². The van der Waals surface area contributed by atoms with Gasteiger partial charge in [-0.2, -0.15) is 0 Å². The van der Waals surface area contributed by atoms with Gasteiger partial charge in [0.2, 0.25) is 0 Å². The molecule has 0 radical (unpaired) electrons. The summed E-state index contributed by atoms with van der Waals surface area (Å²) >= 11 is 5.97. The minimum Gasteiger partial charge on any atom is -0.381 e. The SMILES string of the molecule is C[Si](C)(C)CCOC[C@@H]1C[C@](c2cc(F)ccc2F)(S(=O)(=O)c2ccc(Cl)cc2)CC/C1=C/S(C)(=O)=O. The van der Waals surface area contributed by atoms with Crippen molar-refractivity contribution in [3.05, 3.63) is 75.7 Å². The number of hydrogen-bond donors (Lipinski definition) is 0. The van der Waals surface area contributed by atoms with Crippen molar-refractivity contribution in [3.63, 3.8) is 0 Å². The molecule has 2 aromatic carbocycles. The van der Waals surface area contributed by atoms with E-state index in [2.05, 4.69) is 19.6 Å². The summed E-state index contributed by atoms with van der Waals surface area (Å²) < 4.78 is 86.4. The van der Waals surface area contributed by atoms with Crippen LogP contribution in [0.1, 0.15) is 24.8 Å². The number of halogens is 3. The number of sulfone groups is 2. The zero-order valence-corrected chi connectivity index (χ0v) is 24.8. The molecule has 1 aliphatic carbocycles. The van der Waals surface area contributed by atoms with Gasteiger partial charge in [-0.25, -0.2) is 25.6 Å². The molecule has 3 rings (SSSR count). The summed E-state index contributed by atoms with van der Waals surface area (Å²) in [4.78, 5) is -0.0745. The Balaban J connectivity index is 2.14. The van der Waals surface area contributed by atoms with E-state index in [1.165, 1.54) is 24.3 Å². The van der Waals surface area contributed by atoms with Gasteiger partial charge in [0.05, 0.1) is 11.5 Å². The molecular weight excluding hydrogens is 558 g/mol. The van der Waals surface area contributed by atoms with E-state index in [1.54, 1.807) is 0 Å². The van der Waals surface area contributed by atoms with Gasteiger partial charge in [-0.3, -0.25) is 0 Å². The highest BCUT2D eigenvalue weighted by Gasteiger charge is 2.52. The van der Waals surface area contributed by atoms with E-state index in [1.807, 2.05) is 0 Å². The minimum absolute atomic E-state index is 0.0674. The molecule has 1 aliphatic rings. The third-order valence-electron chi connectivity index (χ3n) is 6.66. The molecule has 2 aromatic rings. The summed E-state index contributed by atoms with van der Waals surface area (Å²) in [5.74, 6) is -2.23. The Bertz CT molecular complexity index is 1370. The van der Waals surface area contributed by atoms with Crippen molar-refractivity contribution in [1.29, 1.82) is 0 Å². The maximum absolute atomic E-state index is 15.3. The van der Waals surface area contributed by atoms with Gasteiger partial charge >= 0.3 is 0 Å². The average molecular weight is 591 g/mol. The first kappa shape index (κ1) is 30.0. The number of hydrogen-bond acceptors (Lipinski definition) is 5. The first-order chi connectivity index (χ1) is 17.0. The Kier molecular flexibility index (Phi) is 9.11. The predicted molar refractivity (Wildman–Crippen MR) is 146 cm³/mol. The van der Waals surface area contributed by atoms with E-state index in [0.29, 0.717) is 17.2 Å². The molecule has 0 spiro atoms. The molecule has 204 valence electrons. The highest BCUT2D eigenvalue weighted by molar-refractivity contribution is 7.93. The molecule has 0 amide bonds. The highest BCUT2D eigenvalue weighted by Crippen LogP contribution is 2.51. The van der Waals surface area contributed by atoms with Crippen molar-refractivity contribution < 1.29 is 30.4 Å². The van der Waals surface area contributed by atoms with Gasteiger partial charge in [-0.1, -0.05) is 36.8 Å². The van der Waals surface area contributed by atoms with Gasteiger partial charge < -0.3 is 4.74 Å². The number of ether oxygens (including phenoxy) is 1. The molecule has 0 aromatic heterocycles. The fraction of sp³-hybridized carbons (Fsp3) is 0.462. The van der Waals surface area contributed by atoms with Gasteiger partial charge in [0, 0.05) is 42.8 Å². The van der Waals surface area contributed by atoms with Crippen LogP contribution >= 0.6 is 11.6 Å². The van der Waals surface area contributed by atoms with Crippen molar-refractivity contribution in [3.8, 4) is 0 Å². The second-order valence-corrected chi connectivity index (χ2v) is 21.1. The molecule has 0 heterocycles. The second kappa shape index (κ2) is 11.3.